The molecule has 0 saturated carbocycles. The number of carbonyl (C=O) groups is 1. The molecule has 1 amide bonds. The van der Waals surface area contributed by atoms with Gasteiger partial charge in [0, 0.05) is 12.0 Å². The van der Waals surface area contributed by atoms with Crippen LogP contribution < -0.4 is 10.2 Å². The Kier molecular flexibility index (Phi) is 12.8. The van der Waals surface area contributed by atoms with Crippen molar-refractivity contribution in [1.29, 1.82) is 0 Å². The lowest BCUT2D eigenvalue weighted by molar-refractivity contribution is -0.121. The van der Waals surface area contributed by atoms with Gasteiger partial charge < -0.3 is 9.84 Å². The second kappa shape index (κ2) is 15.1. The highest BCUT2D eigenvalue weighted by atomic mass is 16.5. The van der Waals surface area contributed by atoms with Crippen LogP contribution >= 0.6 is 0 Å². The molecule has 0 aliphatic carbocycles. The fourth-order valence-corrected chi connectivity index (χ4v) is 2.99. The molecule has 0 spiro atoms. The number of carbonyl (C=O) groups excluding carboxylic acids is 1. The molecule has 0 heterocycles. The van der Waals surface area contributed by atoms with Gasteiger partial charge in [-0.25, -0.2) is 5.43 Å². The molecule has 5 nitrogen and oxygen atoms in total. The first-order valence-corrected chi connectivity index (χ1v) is 10.4. The number of phenols is 1. The second-order valence-electron chi connectivity index (χ2n) is 6.98. The number of phenolic OH excluding ortho intramolecular Hbond substituents is 1. The van der Waals surface area contributed by atoms with Crippen molar-refractivity contribution in [2.75, 3.05) is 7.11 Å². The highest BCUT2D eigenvalue weighted by Gasteiger charge is 2.05. The van der Waals surface area contributed by atoms with Crippen molar-refractivity contribution in [1.82, 2.24) is 5.43 Å². The molecule has 0 aromatic heterocycles. The van der Waals surface area contributed by atoms with Crippen LogP contribution in [-0.4, -0.2) is 24.3 Å². The van der Waals surface area contributed by atoms with E-state index in [4.69, 9.17) is 4.74 Å². The van der Waals surface area contributed by atoms with Gasteiger partial charge in [-0.15, -0.1) is 0 Å². The number of nitrogens with one attached hydrogen (secondary N) is 1. The monoisotopic (exact) mass is 376 g/mol. The van der Waals surface area contributed by atoms with Gasteiger partial charge in [0.15, 0.2) is 11.5 Å². The second-order valence-corrected chi connectivity index (χ2v) is 6.98. The number of unbranched alkanes of at least 4 members (excludes halogenated alkanes) is 10. The molecule has 0 atom stereocenters. The number of nitrogens with zero attached hydrogens (tertiary/aromatic N) is 1. The number of amides is 1. The number of benzene rings is 1. The van der Waals surface area contributed by atoms with Crippen molar-refractivity contribution in [3.05, 3.63) is 23.8 Å². The van der Waals surface area contributed by atoms with Gasteiger partial charge in [0.05, 0.1) is 13.3 Å². The van der Waals surface area contributed by atoms with Crippen LogP contribution in [-0.2, 0) is 4.79 Å². The first-order chi connectivity index (χ1) is 13.2. The minimum atomic E-state index is -0.0930. The Morgan fingerprint density at radius 1 is 1.04 bits per heavy atom. The molecule has 0 aliphatic heterocycles. The van der Waals surface area contributed by atoms with Crippen molar-refractivity contribution in [3.8, 4) is 11.5 Å². The molecule has 2 N–H and O–H groups in total. The Bertz CT molecular complexity index is 558. The van der Waals surface area contributed by atoms with Gasteiger partial charge in [0.2, 0.25) is 5.91 Å². The van der Waals surface area contributed by atoms with Crippen LogP contribution in [0.4, 0.5) is 0 Å². The summed E-state index contributed by atoms with van der Waals surface area (Å²) in [7, 11) is 1.49. The van der Waals surface area contributed by atoms with Crippen molar-refractivity contribution >= 4 is 12.1 Å². The normalized spacial score (nSPS) is 11.0. The summed E-state index contributed by atoms with van der Waals surface area (Å²) < 4.78 is 5.04. The molecule has 0 radical (unpaired) electrons. The van der Waals surface area contributed by atoms with E-state index in [1.54, 1.807) is 18.2 Å². The third kappa shape index (κ3) is 10.6. The minimum Gasteiger partial charge on any atom is -0.504 e. The third-order valence-corrected chi connectivity index (χ3v) is 4.65. The first kappa shape index (κ1) is 23.0. The minimum absolute atomic E-state index is 0.0170. The van der Waals surface area contributed by atoms with Crippen LogP contribution in [0.15, 0.2) is 23.3 Å². The molecule has 0 aliphatic rings. The molecular formula is C22H36N2O3. The summed E-state index contributed by atoms with van der Waals surface area (Å²) in [5, 5.41) is 13.8. The van der Waals surface area contributed by atoms with E-state index in [-0.39, 0.29) is 11.7 Å². The third-order valence-electron chi connectivity index (χ3n) is 4.65. The number of aromatic hydroxyl groups is 1. The van der Waals surface area contributed by atoms with E-state index in [0.29, 0.717) is 17.7 Å². The molecule has 0 saturated heterocycles. The highest BCUT2D eigenvalue weighted by Crippen LogP contribution is 2.27. The number of rotatable bonds is 15. The topological polar surface area (TPSA) is 70.9 Å². The van der Waals surface area contributed by atoms with Crippen molar-refractivity contribution < 1.29 is 14.6 Å². The predicted molar refractivity (Wildman–Crippen MR) is 111 cm³/mol. The zero-order valence-corrected chi connectivity index (χ0v) is 17.0. The van der Waals surface area contributed by atoms with E-state index in [0.717, 1.165) is 12.8 Å². The number of hydrogen-bond acceptors (Lipinski definition) is 4. The average molecular weight is 377 g/mol. The quantitative estimate of drug-likeness (QED) is 0.239. The van der Waals surface area contributed by atoms with E-state index < -0.39 is 0 Å². The zero-order chi connectivity index (χ0) is 19.7. The lowest BCUT2D eigenvalue weighted by atomic mass is 10.1. The van der Waals surface area contributed by atoms with E-state index in [2.05, 4.69) is 17.5 Å². The standard InChI is InChI=1S/C22H36N2O3/c1-3-4-5-6-7-8-9-10-11-12-13-17-21(25)24-23-18-19-15-14-16-20(27-2)22(19)26/h14-16,18,26H,3-13,17H2,1-2H3,(H,24,25)/b23-18-. The Balaban J connectivity index is 2.05. The Labute approximate surface area is 164 Å². The summed E-state index contributed by atoms with van der Waals surface area (Å²) in [5.41, 5.74) is 3.01. The van der Waals surface area contributed by atoms with Gasteiger partial charge in [0.25, 0.3) is 0 Å². The molecule has 1 aromatic rings. The fraction of sp³-hybridized carbons (Fsp3) is 0.636. The highest BCUT2D eigenvalue weighted by molar-refractivity contribution is 5.86. The fourth-order valence-electron chi connectivity index (χ4n) is 2.99. The van der Waals surface area contributed by atoms with Crippen molar-refractivity contribution in [2.45, 2.75) is 84.0 Å². The number of ether oxygens (including phenoxy) is 1. The van der Waals surface area contributed by atoms with Gasteiger partial charge in [-0.1, -0.05) is 77.2 Å². The lowest BCUT2D eigenvalue weighted by Gasteiger charge is -2.05. The summed E-state index contributed by atoms with van der Waals surface area (Å²) in [6.07, 6.45) is 15.8. The Morgan fingerprint density at radius 2 is 1.63 bits per heavy atom. The molecule has 152 valence electrons. The predicted octanol–water partition coefficient (Wildman–Crippen LogP) is 5.55. The summed E-state index contributed by atoms with van der Waals surface area (Å²) in [6.45, 7) is 2.25. The van der Waals surface area contributed by atoms with Gasteiger partial charge >= 0.3 is 0 Å². The summed E-state index contributed by atoms with van der Waals surface area (Å²) in [6, 6.07) is 5.13. The van der Waals surface area contributed by atoms with Crippen LogP contribution in [0, 0.1) is 0 Å². The lowest BCUT2D eigenvalue weighted by Crippen LogP contribution is -2.16. The van der Waals surface area contributed by atoms with Gasteiger partial charge in [-0.05, 0) is 18.6 Å². The molecule has 0 unspecified atom stereocenters. The molecule has 27 heavy (non-hydrogen) atoms. The molecular weight excluding hydrogens is 340 g/mol. The van der Waals surface area contributed by atoms with Crippen molar-refractivity contribution in [2.24, 2.45) is 5.10 Å². The Hall–Kier alpha value is -2.04. The van der Waals surface area contributed by atoms with Gasteiger partial charge in [0.1, 0.15) is 0 Å². The molecule has 0 bridgehead atoms. The maximum atomic E-state index is 11.8. The molecule has 1 rings (SSSR count). The molecule has 5 heteroatoms. The summed E-state index contributed by atoms with van der Waals surface area (Å²) in [4.78, 5) is 11.8. The number of hydrazone groups is 1. The summed E-state index contributed by atoms with van der Waals surface area (Å²) in [5.74, 6) is 0.305. The van der Waals surface area contributed by atoms with Gasteiger partial charge in [-0.3, -0.25) is 4.79 Å². The Morgan fingerprint density at radius 3 is 2.22 bits per heavy atom. The number of para-hydroxylation sites is 1. The van der Waals surface area contributed by atoms with E-state index in [1.807, 2.05) is 0 Å². The maximum absolute atomic E-state index is 11.8. The van der Waals surface area contributed by atoms with E-state index >= 15 is 0 Å². The van der Waals surface area contributed by atoms with Crippen LogP contribution in [0.2, 0.25) is 0 Å². The number of methoxy groups -OCH3 is 1. The van der Waals surface area contributed by atoms with E-state index in [9.17, 15) is 9.90 Å². The molecule has 1 aromatic carbocycles. The number of hydrogen-bond donors (Lipinski definition) is 2. The van der Waals surface area contributed by atoms with Crippen molar-refractivity contribution in [3.63, 3.8) is 0 Å². The van der Waals surface area contributed by atoms with Crippen LogP contribution in [0.3, 0.4) is 0 Å². The van der Waals surface area contributed by atoms with E-state index in [1.165, 1.54) is 71.1 Å². The smallest absolute Gasteiger partial charge is 0.240 e. The van der Waals surface area contributed by atoms with Crippen LogP contribution in [0.25, 0.3) is 0 Å². The van der Waals surface area contributed by atoms with Gasteiger partial charge in [-0.2, -0.15) is 5.10 Å². The maximum Gasteiger partial charge on any atom is 0.240 e. The first-order valence-electron chi connectivity index (χ1n) is 10.4. The average Bonchev–Trinajstić information content (AvgIpc) is 2.67. The SMILES string of the molecule is CCCCCCCCCCCCCC(=O)N/N=C\c1cccc(OC)c1O. The molecule has 0 fully saturated rings. The largest absolute Gasteiger partial charge is 0.504 e. The van der Waals surface area contributed by atoms with Crippen LogP contribution in [0.5, 0.6) is 11.5 Å². The zero-order valence-electron chi connectivity index (χ0n) is 17.0. The van der Waals surface area contributed by atoms with Crippen LogP contribution in [0.1, 0.15) is 89.5 Å². The summed E-state index contributed by atoms with van der Waals surface area (Å²) >= 11 is 0.